The van der Waals surface area contributed by atoms with E-state index in [1.54, 1.807) is 6.26 Å². The Hall–Kier alpha value is -1.33. The van der Waals surface area contributed by atoms with E-state index in [4.69, 9.17) is 4.42 Å². The molecule has 0 spiro atoms. The Balaban J connectivity index is 1.65. The van der Waals surface area contributed by atoms with E-state index in [1.165, 1.54) is 6.42 Å². The zero-order chi connectivity index (χ0) is 12.8. The molecule has 5 heteroatoms. The van der Waals surface area contributed by atoms with Crippen molar-refractivity contribution in [3.05, 3.63) is 24.2 Å². The van der Waals surface area contributed by atoms with Crippen LogP contribution in [0.2, 0.25) is 0 Å². The molecule has 2 N–H and O–H groups in total. The zero-order valence-electron chi connectivity index (χ0n) is 10.8. The van der Waals surface area contributed by atoms with E-state index < -0.39 is 0 Å². The molecule has 0 aliphatic carbocycles. The Morgan fingerprint density at radius 1 is 1.61 bits per heavy atom. The average molecular weight is 251 g/mol. The molecule has 1 atom stereocenters. The third-order valence-electron chi connectivity index (χ3n) is 3.27. The summed E-state index contributed by atoms with van der Waals surface area (Å²) in [6.07, 6.45) is 2.79. The molecule has 1 aromatic heterocycles. The molecule has 0 aromatic carbocycles. The molecule has 1 amide bonds. The molecule has 2 rings (SSSR count). The van der Waals surface area contributed by atoms with Crippen LogP contribution in [0.5, 0.6) is 0 Å². The van der Waals surface area contributed by atoms with Crippen LogP contribution in [0.15, 0.2) is 22.8 Å². The predicted octanol–water partition coefficient (Wildman–Crippen LogP) is 0.437. The number of rotatable bonds is 6. The zero-order valence-corrected chi connectivity index (χ0v) is 10.8. The van der Waals surface area contributed by atoms with E-state index in [9.17, 15) is 4.79 Å². The molecule has 1 aliphatic heterocycles. The van der Waals surface area contributed by atoms with Crippen molar-refractivity contribution in [2.24, 2.45) is 5.92 Å². The molecule has 1 aromatic rings. The van der Waals surface area contributed by atoms with Gasteiger partial charge in [0.2, 0.25) is 5.91 Å². The van der Waals surface area contributed by atoms with Gasteiger partial charge >= 0.3 is 0 Å². The Kier molecular flexibility index (Phi) is 4.78. The maximum atomic E-state index is 11.7. The lowest BCUT2D eigenvalue weighted by molar-refractivity contribution is -0.122. The molecular formula is C13H21N3O2. The number of carbonyl (C=O) groups excluding carboxylic acids is 1. The fourth-order valence-electron chi connectivity index (χ4n) is 2.37. The quantitative estimate of drug-likeness (QED) is 0.770. The van der Waals surface area contributed by atoms with Gasteiger partial charge in [-0.3, -0.25) is 9.69 Å². The summed E-state index contributed by atoms with van der Waals surface area (Å²) in [5.74, 6) is 1.53. The average Bonchev–Trinajstić information content (AvgIpc) is 2.99. The van der Waals surface area contributed by atoms with Crippen LogP contribution in [0.1, 0.15) is 12.2 Å². The minimum atomic E-state index is 0.0662. The highest BCUT2D eigenvalue weighted by atomic mass is 16.3. The van der Waals surface area contributed by atoms with Crippen molar-refractivity contribution in [2.45, 2.75) is 13.0 Å². The van der Waals surface area contributed by atoms with Crippen molar-refractivity contribution in [3.63, 3.8) is 0 Å². The van der Waals surface area contributed by atoms with Crippen molar-refractivity contribution < 1.29 is 9.21 Å². The Bertz CT molecular complexity index is 364. The molecule has 2 heterocycles. The lowest BCUT2D eigenvalue weighted by atomic mass is 10.1. The molecule has 18 heavy (non-hydrogen) atoms. The van der Waals surface area contributed by atoms with Crippen molar-refractivity contribution in [2.75, 3.05) is 33.2 Å². The molecular weight excluding hydrogens is 230 g/mol. The molecule has 1 unspecified atom stereocenters. The highest BCUT2D eigenvalue weighted by Crippen LogP contribution is 2.14. The van der Waals surface area contributed by atoms with Crippen LogP contribution in [0, 0.1) is 5.92 Å². The highest BCUT2D eigenvalue weighted by Gasteiger charge is 2.23. The van der Waals surface area contributed by atoms with Gasteiger partial charge in [0, 0.05) is 6.54 Å². The van der Waals surface area contributed by atoms with E-state index in [0.29, 0.717) is 19.0 Å². The smallest absolute Gasteiger partial charge is 0.234 e. The molecule has 1 saturated heterocycles. The first kappa shape index (κ1) is 13.1. The first-order valence-corrected chi connectivity index (χ1v) is 6.44. The first-order chi connectivity index (χ1) is 8.78. The third-order valence-corrected chi connectivity index (χ3v) is 3.27. The van der Waals surface area contributed by atoms with Crippen LogP contribution >= 0.6 is 0 Å². The molecule has 5 nitrogen and oxygen atoms in total. The number of nitrogens with zero attached hydrogens (tertiary/aromatic N) is 1. The van der Waals surface area contributed by atoms with Gasteiger partial charge in [-0.25, -0.2) is 0 Å². The minimum absolute atomic E-state index is 0.0662. The van der Waals surface area contributed by atoms with E-state index >= 15 is 0 Å². The largest absolute Gasteiger partial charge is 0.467 e. The summed E-state index contributed by atoms with van der Waals surface area (Å²) >= 11 is 0. The number of amides is 1. The fraction of sp³-hybridized carbons (Fsp3) is 0.615. The SMILES string of the molecule is CNCC1CCN(CC(=O)NCc2ccco2)C1. The number of nitrogens with one attached hydrogen (secondary N) is 2. The summed E-state index contributed by atoms with van der Waals surface area (Å²) in [6.45, 7) is 4.01. The normalized spacial score (nSPS) is 20.2. The van der Waals surface area contributed by atoms with E-state index in [0.717, 1.165) is 25.4 Å². The van der Waals surface area contributed by atoms with Gasteiger partial charge in [-0.2, -0.15) is 0 Å². The number of hydrogen-bond donors (Lipinski definition) is 2. The van der Waals surface area contributed by atoms with Gasteiger partial charge in [-0.1, -0.05) is 0 Å². The fourth-order valence-corrected chi connectivity index (χ4v) is 2.37. The van der Waals surface area contributed by atoms with Crippen LogP contribution in [0.25, 0.3) is 0 Å². The van der Waals surface area contributed by atoms with Gasteiger partial charge < -0.3 is 15.1 Å². The maximum absolute atomic E-state index is 11.7. The van der Waals surface area contributed by atoms with Gasteiger partial charge in [0.15, 0.2) is 0 Å². The van der Waals surface area contributed by atoms with Crippen LogP contribution in [0.4, 0.5) is 0 Å². The summed E-state index contributed by atoms with van der Waals surface area (Å²) in [7, 11) is 1.97. The van der Waals surface area contributed by atoms with Crippen LogP contribution in [0.3, 0.4) is 0 Å². The van der Waals surface area contributed by atoms with Crippen LogP contribution in [-0.2, 0) is 11.3 Å². The van der Waals surface area contributed by atoms with Crippen LogP contribution < -0.4 is 10.6 Å². The van der Waals surface area contributed by atoms with Crippen molar-refractivity contribution in [1.29, 1.82) is 0 Å². The molecule has 0 radical (unpaired) electrons. The van der Waals surface area contributed by atoms with E-state index in [2.05, 4.69) is 15.5 Å². The van der Waals surface area contributed by atoms with Gasteiger partial charge in [0.05, 0.1) is 19.4 Å². The topological polar surface area (TPSA) is 57.5 Å². The Morgan fingerprint density at radius 3 is 3.22 bits per heavy atom. The molecule has 0 saturated carbocycles. The predicted molar refractivity (Wildman–Crippen MR) is 69.0 cm³/mol. The molecule has 1 aliphatic rings. The standard InChI is InChI=1S/C13H21N3O2/c1-14-7-11-4-5-16(9-11)10-13(17)15-8-12-3-2-6-18-12/h2-3,6,11,14H,4-5,7-10H2,1H3,(H,15,17). The number of likely N-dealkylation sites (tertiary alicyclic amines) is 1. The van der Waals surface area contributed by atoms with Gasteiger partial charge in [0.1, 0.15) is 5.76 Å². The van der Waals surface area contributed by atoms with E-state index in [1.807, 2.05) is 19.2 Å². The van der Waals surface area contributed by atoms with Crippen LogP contribution in [-0.4, -0.2) is 44.0 Å². The summed E-state index contributed by atoms with van der Waals surface area (Å²) in [5, 5.41) is 6.06. The Labute approximate surface area is 108 Å². The van der Waals surface area contributed by atoms with Gasteiger partial charge in [0.25, 0.3) is 0 Å². The summed E-state index contributed by atoms with van der Waals surface area (Å²) in [5.41, 5.74) is 0. The van der Waals surface area contributed by atoms with Crippen molar-refractivity contribution >= 4 is 5.91 Å². The second-order valence-corrected chi connectivity index (χ2v) is 4.80. The molecule has 100 valence electrons. The second kappa shape index (κ2) is 6.56. The second-order valence-electron chi connectivity index (χ2n) is 4.80. The Morgan fingerprint density at radius 2 is 2.50 bits per heavy atom. The van der Waals surface area contributed by atoms with Crippen molar-refractivity contribution in [3.8, 4) is 0 Å². The number of hydrogen-bond acceptors (Lipinski definition) is 4. The minimum Gasteiger partial charge on any atom is -0.467 e. The molecule has 0 bridgehead atoms. The van der Waals surface area contributed by atoms with Gasteiger partial charge in [-0.15, -0.1) is 0 Å². The lowest BCUT2D eigenvalue weighted by Gasteiger charge is -2.15. The summed E-state index contributed by atoms with van der Waals surface area (Å²) in [4.78, 5) is 14.0. The monoisotopic (exact) mass is 251 g/mol. The lowest BCUT2D eigenvalue weighted by Crippen LogP contribution is -2.36. The number of carbonyl (C=O) groups is 1. The summed E-state index contributed by atoms with van der Waals surface area (Å²) in [6, 6.07) is 3.68. The maximum Gasteiger partial charge on any atom is 0.234 e. The summed E-state index contributed by atoms with van der Waals surface area (Å²) < 4.78 is 5.17. The number of furan rings is 1. The van der Waals surface area contributed by atoms with Gasteiger partial charge in [-0.05, 0) is 44.6 Å². The molecule has 1 fully saturated rings. The highest BCUT2D eigenvalue weighted by molar-refractivity contribution is 5.77. The van der Waals surface area contributed by atoms with E-state index in [-0.39, 0.29) is 5.91 Å². The van der Waals surface area contributed by atoms with Crippen molar-refractivity contribution in [1.82, 2.24) is 15.5 Å². The third kappa shape index (κ3) is 3.85. The first-order valence-electron chi connectivity index (χ1n) is 6.44.